The molecule has 5 nitrogen and oxygen atoms in total. The molecule has 2 aromatic rings. The number of nitrogens with zero attached hydrogens (tertiary/aromatic N) is 2. The van der Waals surface area contributed by atoms with Gasteiger partial charge in [-0.1, -0.05) is 28.1 Å². The number of hydrogen-bond acceptors (Lipinski definition) is 3. The summed E-state index contributed by atoms with van der Waals surface area (Å²) in [6.45, 7) is 4.55. The summed E-state index contributed by atoms with van der Waals surface area (Å²) in [4.78, 5) is 12.2. The van der Waals surface area contributed by atoms with Gasteiger partial charge in [-0.15, -0.1) is 0 Å². The van der Waals surface area contributed by atoms with Gasteiger partial charge in [0, 0.05) is 17.2 Å². The quantitative estimate of drug-likeness (QED) is 0.901. The fourth-order valence-electron chi connectivity index (χ4n) is 1.90. The third kappa shape index (κ3) is 3.19. The number of rotatable bonds is 4. The van der Waals surface area contributed by atoms with Crippen molar-refractivity contribution in [3.8, 4) is 0 Å². The van der Waals surface area contributed by atoms with Crippen LogP contribution in [0.15, 0.2) is 34.9 Å². The van der Waals surface area contributed by atoms with E-state index in [1.54, 1.807) is 10.9 Å². The minimum absolute atomic E-state index is 0.119. The van der Waals surface area contributed by atoms with Crippen molar-refractivity contribution in [3.05, 3.63) is 46.2 Å². The van der Waals surface area contributed by atoms with Gasteiger partial charge in [0.25, 0.3) is 5.91 Å². The van der Waals surface area contributed by atoms with Crippen LogP contribution in [0.1, 0.15) is 35.9 Å². The Morgan fingerprint density at radius 3 is 2.90 bits per heavy atom. The van der Waals surface area contributed by atoms with Crippen LogP contribution in [0.3, 0.4) is 0 Å². The SMILES string of the molecule is CCn1cc(N)c(C(=O)NC(C)c2cccc(Br)c2)n1. The summed E-state index contributed by atoms with van der Waals surface area (Å²) in [5, 5.41) is 7.07. The molecule has 0 saturated carbocycles. The van der Waals surface area contributed by atoms with Crippen molar-refractivity contribution < 1.29 is 4.79 Å². The first-order valence-electron chi connectivity index (χ1n) is 6.40. The molecule has 1 heterocycles. The van der Waals surface area contributed by atoms with Crippen molar-refractivity contribution in [2.24, 2.45) is 0 Å². The second-order valence-corrected chi connectivity index (χ2v) is 5.45. The van der Waals surface area contributed by atoms with E-state index in [1.165, 1.54) is 0 Å². The van der Waals surface area contributed by atoms with Crippen LogP contribution in [0.5, 0.6) is 0 Å². The number of anilines is 1. The molecular formula is C14H17BrN4O. The lowest BCUT2D eigenvalue weighted by atomic mass is 10.1. The van der Waals surface area contributed by atoms with Gasteiger partial charge in [-0.2, -0.15) is 5.10 Å². The number of amides is 1. The zero-order valence-electron chi connectivity index (χ0n) is 11.4. The van der Waals surface area contributed by atoms with Crippen molar-refractivity contribution in [3.63, 3.8) is 0 Å². The Labute approximate surface area is 126 Å². The molecule has 3 N–H and O–H groups in total. The first kappa shape index (κ1) is 14.6. The first-order valence-corrected chi connectivity index (χ1v) is 7.19. The number of aryl methyl sites for hydroxylation is 1. The maximum Gasteiger partial charge on any atom is 0.274 e. The van der Waals surface area contributed by atoms with E-state index in [2.05, 4.69) is 26.3 Å². The molecule has 1 aromatic carbocycles. The fraction of sp³-hybridized carbons (Fsp3) is 0.286. The maximum atomic E-state index is 12.2. The lowest BCUT2D eigenvalue weighted by Gasteiger charge is -2.14. The number of aromatic nitrogens is 2. The number of carbonyl (C=O) groups is 1. The number of hydrogen-bond donors (Lipinski definition) is 2. The summed E-state index contributed by atoms with van der Waals surface area (Å²) in [6.07, 6.45) is 1.67. The summed E-state index contributed by atoms with van der Waals surface area (Å²) in [5.74, 6) is -0.262. The van der Waals surface area contributed by atoms with Crippen LogP contribution >= 0.6 is 15.9 Å². The average molecular weight is 337 g/mol. The highest BCUT2D eigenvalue weighted by Gasteiger charge is 2.17. The standard InChI is InChI=1S/C14H17BrN4O/c1-3-19-8-12(16)13(18-19)14(20)17-9(2)10-5-4-6-11(15)7-10/h4-9H,3,16H2,1-2H3,(H,17,20). The molecule has 1 atom stereocenters. The van der Waals surface area contributed by atoms with Gasteiger partial charge in [0.2, 0.25) is 0 Å². The van der Waals surface area contributed by atoms with E-state index in [9.17, 15) is 4.79 Å². The van der Waals surface area contributed by atoms with E-state index in [-0.39, 0.29) is 17.6 Å². The van der Waals surface area contributed by atoms with Crippen molar-refractivity contribution in [2.45, 2.75) is 26.4 Å². The van der Waals surface area contributed by atoms with Gasteiger partial charge in [0.15, 0.2) is 5.69 Å². The van der Waals surface area contributed by atoms with Crippen LogP contribution in [0.25, 0.3) is 0 Å². The third-order valence-electron chi connectivity index (χ3n) is 3.03. The molecule has 0 radical (unpaired) electrons. The lowest BCUT2D eigenvalue weighted by Crippen LogP contribution is -2.27. The molecule has 0 aliphatic carbocycles. The van der Waals surface area contributed by atoms with Crippen LogP contribution < -0.4 is 11.1 Å². The van der Waals surface area contributed by atoms with Gasteiger partial charge in [0.1, 0.15) is 0 Å². The number of benzene rings is 1. The fourth-order valence-corrected chi connectivity index (χ4v) is 2.32. The van der Waals surface area contributed by atoms with Gasteiger partial charge in [0.05, 0.1) is 11.7 Å². The van der Waals surface area contributed by atoms with E-state index >= 15 is 0 Å². The van der Waals surface area contributed by atoms with Crippen molar-refractivity contribution in [2.75, 3.05) is 5.73 Å². The molecule has 0 aliphatic heterocycles. The summed E-state index contributed by atoms with van der Waals surface area (Å²) < 4.78 is 2.62. The lowest BCUT2D eigenvalue weighted by molar-refractivity contribution is 0.0935. The normalized spacial score (nSPS) is 12.2. The summed E-state index contributed by atoms with van der Waals surface area (Å²) in [6, 6.07) is 7.69. The highest BCUT2D eigenvalue weighted by molar-refractivity contribution is 9.10. The van der Waals surface area contributed by atoms with Crippen LogP contribution in [0.2, 0.25) is 0 Å². The Balaban J connectivity index is 2.12. The second-order valence-electron chi connectivity index (χ2n) is 4.54. The average Bonchev–Trinajstić information content (AvgIpc) is 2.80. The molecule has 2 rings (SSSR count). The highest BCUT2D eigenvalue weighted by atomic mass is 79.9. The molecule has 0 saturated heterocycles. The predicted octanol–water partition coefficient (Wildman–Crippen LogP) is 2.74. The molecular weight excluding hydrogens is 320 g/mol. The molecule has 0 aliphatic rings. The molecule has 0 spiro atoms. The number of carbonyl (C=O) groups excluding carboxylic acids is 1. The summed E-state index contributed by atoms with van der Waals surface area (Å²) in [5.41, 5.74) is 7.49. The molecule has 106 valence electrons. The van der Waals surface area contributed by atoms with Crippen LogP contribution in [0, 0.1) is 0 Å². The molecule has 20 heavy (non-hydrogen) atoms. The Bertz CT molecular complexity index is 623. The van der Waals surface area contributed by atoms with Gasteiger partial charge >= 0.3 is 0 Å². The third-order valence-corrected chi connectivity index (χ3v) is 3.52. The minimum Gasteiger partial charge on any atom is -0.396 e. The topological polar surface area (TPSA) is 72.9 Å². The second kappa shape index (κ2) is 6.09. The van der Waals surface area contributed by atoms with Gasteiger partial charge in [-0.05, 0) is 31.5 Å². The summed E-state index contributed by atoms with van der Waals surface area (Å²) >= 11 is 3.42. The summed E-state index contributed by atoms with van der Waals surface area (Å²) in [7, 11) is 0. The van der Waals surface area contributed by atoms with E-state index in [4.69, 9.17) is 5.73 Å². The Kier molecular flexibility index (Phi) is 4.44. The van der Waals surface area contributed by atoms with Crippen LogP contribution in [-0.4, -0.2) is 15.7 Å². The van der Waals surface area contributed by atoms with Gasteiger partial charge < -0.3 is 11.1 Å². The first-order chi connectivity index (χ1) is 9.51. The minimum atomic E-state index is -0.262. The monoisotopic (exact) mass is 336 g/mol. The number of halogens is 1. The van der Waals surface area contributed by atoms with Crippen LogP contribution in [-0.2, 0) is 6.54 Å². The van der Waals surface area contributed by atoms with Crippen molar-refractivity contribution >= 4 is 27.5 Å². The highest BCUT2D eigenvalue weighted by Crippen LogP contribution is 2.19. The molecule has 0 bridgehead atoms. The Hall–Kier alpha value is -1.82. The Morgan fingerprint density at radius 1 is 1.55 bits per heavy atom. The van der Waals surface area contributed by atoms with Gasteiger partial charge in [-0.25, -0.2) is 0 Å². The number of nitrogens with two attached hydrogens (primary N) is 1. The largest absolute Gasteiger partial charge is 0.396 e. The molecule has 1 amide bonds. The zero-order valence-corrected chi connectivity index (χ0v) is 13.0. The van der Waals surface area contributed by atoms with Crippen molar-refractivity contribution in [1.29, 1.82) is 0 Å². The van der Waals surface area contributed by atoms with Crippen LogP contribution in [0.4, 0.5) is 5.69 Å². The molecule has 1 unspecified atom stereocenters. The van der Waals surface area contributed by atoms with E-state index in [1.807, 2.05) is 38.1 Å². The van der Waals surface area contributed by atoms with E-state index in [0.717, 1.165) is 10.0 Å². The van der Waals surface area contributed by atoms with Crippen molar-refractivity contribution in [1.82, 2.24) is 15.1 Å². The smallest absolute Gasteiger partial charge is 0.274 e. The molecule has 1 aromatic heterocycles. The van der Waals surface area contributed by atoms with E-state index < -0.39 is 0 Å². The number of nitrogens with one attached hydrogen (secondary N) is 1. The predicted molar refractivity (Wildman–Crippen MR) is 82.3 cm³/mol. The zero-order chi connectivity index (χ0) is 14.7. The van der Waals surface area contributed by atoms with E-state index in [0.29, 0.717) is 12.2 Å². The number of nitrogen functional groups attached to an aromatic ring is 1. The maximum absolute atomic E-state index is 12.2. The molecule has 6 heteroatoms. The van der Waals surface area contributed by atoms with Gasteiger partial charge in [-0.3, -0.25) is 9.48 Å². The Morgan fingerprint density at radius 2 is 2.30 bits per heavy atom. The molecule has 0 fully saturated rings.